The maximum atomic E-state index is 12.5. The Bertz CT molecular complexity index is 1140. The molecule has 0 aliphatic heterocycles. The molecule has 0 radical (unpaired) electrons. The fraction of sp³-hybridized carbons (Fsp3) is 0. The molecule has 4 rings (SSSR count). The van der Waals surface area contributed by atoms with Crippen LogP contribution in [-0.2, 0) is 0 Å². The molecule has 0 saturated heterocycles. The van der Waals surface area contributed by atoms with Crippen molar-refractivity contribution in [2.24, 2.45) is 0 Å². The maximum Gasteiger partial charge on any atom is 0.351 e. The van der Waals surface area contributed by atoms with Crippen molar-refractivity contribution in [2.45, 2.75) is 0 Å². The first-order valence-corrected chi connectivity index (χ1v) is 6.22. The molecule has 21 heavy (non-hydrogen) atoms. The van der Waals surface area contributed by atoms with Crippen LogP contribution >= 0.6 is 0 Å². The SMILES string of the molecule is O=c1oc2ccccc2c2nc3ccc(O)cn3c(=O)c12. The van der Waals surface area contributed by atoms with E-state index in [0.717, 1.165) is 4.40 Å². The molecule has 0 bridgehead atoms. The van der Waals surface area contributed by atoms with Gasteiger partial charge in [0.05, 0.1) is 11.7 Å². The molecule has 3 heterocycles. The third kappa shape index (κ3) is 1.56. The summed E-state index contributed by atoms with van der Waals surface area (Å²) in [5.74, 6) is -0.0871. The Balaban J connectivity index is 2.39. The molecule has 0 fully saturated rings. The van der Waals surface area contributed by atoms with Crippen LogP contribution in [0.25, 0.3) is 27.5 Å². The van der Waals surface area contributed by atoms with Gasteiger partial charge in [-0.25, -0.2) is 9.78 Å². The summed E-state index contributed by atoms with van der Waals surface area (Å²) in [5.41, 5.74) is -0.270. The van der Waals surface area contributed by atoms with Crippen LogP contribution in [0.4, 0.5) is 0 Å². The van der Waals surface area contributed by atoms with Crippen molar-refractivity contribution in [3.63, 3.8) is 0 Å². The number of hydrogen-bond donors (Lipinski definition) is 1. The minimum atomic E-state index is -0.737. The van der Waals surface area contributed by atoms with E-state index in [2.05, 4.69) is 4.98 Å². The van der Waals surface area contributed by atoms with E-state index < -0.39 is 11.2 Å². The van der Waals surface area contributed by atoms with Crippen LogP contribution in [0.2, 0.25) is 0 Å². The smallest absolute Gasteiger partial charge is 0.351 e. The predicted molar refractivity (Wildman–Crippen MR) is 76.7 cm³/mol. The first-order chi connectivity index (χ1) is 10.1. The summed E-state index contributed by atoms with van der Waals surface area (Å²) in [6.07, 6.45) is 1.22. The van der Waals surface area contributed by atoms with Gasteiger partial charge >= 0.3 is 5.63 Å². The average Bonchev–Trinajstić information content (AvgIpc) is 2.48. The highest BCUT2D eigenvalue weighted by molar-refractivity contribution is 6.01. The lowest BCUT2D eigenvalue weighted by Crippen LogP contribution is -2.21. The van der Waals surface area contributed by atoms with Gasteiger partial charge in [-0.15, -0.1) is 0 Å². The van der Waals surface area contributed by atoms with Crippen molar-refractivity contribution in [1.82, 2.24) is 9.38 Å². The number of rotatable bonds is 0. The molecule has 0 atom stereocenters. The third-order valence-electron chi connectivity index (χ3n) is 3.36. The number of pyridine rings is 1. The Kier molecular flexibility index (Phi) is 2.18. The molecule has 1 aromatic carbocycles. The van der Waals surface area contributed by atoms with Crippen LogP contribution in [-0.4, -0.2) is 14.5 Å². The first kappa shape index (κ1) is 11.7. The number of benzene rings is 1. The maximum absolute atomic E-state index is 12.5. The van der Waals surface area contributed by atoms with E-state index >= 15 is 0 Å². The van der Waals surface area contributed by atoms with E-state index in [1.807, 2.05) is 0 Å². The monoisotopic (exact) mass is 280 g/mol. The van der Waals surface area contributed by atoms with Gasteiger partial charge in [0.15, 0.2) is 5.39 Å². The lowest BCUT2D eigenvalue weighted by Gasteiger charge is -2.05. The highest BCUT2D eigenvalue weighted by Crippen LogP contribution is 2.20. The second-order valence-corrected chi connectivity index (χ2v) is 4.64. The summed E-state index contributed by atoms with van der Waals surface area (Å²) >= 11 is 0. The normalized spacial score (nSPS) is 11.4. The van der Waals surface area contributed by atoms with Crippen molar-refractivity contribution in [1.29, 1.82) is 0 Å². The van der Waals surface area contributed by atoms with E-state index in [1.54, 1.807) is 24.3 Å². The lowest BCUT2D eigenvalue weighted by molar-refractivity contribution is 0.471. The molecule has 0 spiro atoms. The Morgan fingerprint density at radius 2 is 1.90 bits per heavy atom. The van der Waals surface area contributed by atoms with Gasteiger partial charge in [-0.05, 0) is 24.3 Å². The fourth-order valence-electron chi connectivity index (χ4n) is 2.41. The lowest BCUT2D eigenvalue weighted by atomic mass is 10.2. The van der Waals surface area contributed by atoms with Crippen LogP contribution in [0.1, 0.15) is 0 Å². The van der Waals surface area contributed by atoms with Crippen molar-refractivity contribution in [3.05, 3.63) is 63.4 Å². The van der Waals surface area contributed by atoms with Crippen LogP contribution in [0.3, 0.4) is 0 Å². The average molecular weight is 280 g/mol. The van der Waals surface area contributed by atoms with Gasteiger partial charge in [0, 0.05) is 5.39 Å². The van der Waals surface area contributed by atoms with Crippen molar-refractivity contribution < 1.29 is 9.52 Å². The molecule has 0 aliphatic carbocycles. The van der Waals surface area contributed by atoms with Gasteiger partial charge in [0.2, 0.25) is 0 Å². The second-order valence-electron chi connectivity index (χ2n) is 4.64. The van der Waals surface area contributed by atoms with Crippen molar-refractivity contribution in [3.8, 4) is 5.75 Å². The molecule has 6 heteroatoms. The minimum Gasteiger partial charge on any atom is -0.506 e. The van der Waals surface area contributed by atoms with Crippen LogP contribution < -0.4 is 11.2 Å². The van der Waals surface area contributed by atoms with Gasteiger partial charge in [0.1, 0.15) is 17.0 Å². The molecule has 3 aromatic heterocycles. The van der Waals surface area contributed by atoms with Gasteiger partial charge in [-0.3, -0.25) is 9.20 Å². The zero-order valence-electron chi connectivity index (χ0n) is 10.6. The number of hydrogen-bond acceptors (Lipinski definition) is 5. The van der Waals surface area contributed by atoms with Crippen LogP contribution in [0, 0.1) is 0 Å². The molecular formula is C15H8N2O4. The highest BCUT2D eigenvalue weighted by Gasteiger charge is 2.14. The minimum absolute atomic E-state index is 0.0871. The molecule has 6 nitrogen and oxygen atoms in total. The molecule has 0 unspecified atom stereocenters. The topological polar surface area (TPSA) is 84.8 Å². The largest absolute Gasteiger partial charge is 0.506 e. The molecule has 0 amide bonds. The number of nitrogens with zero attached hydrogens (tertiary/aromatic N) is 2. The zero-order valence-corrected chi connectivity index (χ0v) is 10.6. The summed E-state index contributed by atoms with van der Waals surface area (Å²) in [7, 11) is 0. The quantitative estimate of drug-likeness (QED) is 0.301. The summed E-state index contributed by atoms with van der Waals surface area (Å²) in [6.45, 7) is 0. The summed E-state index contributed by atoms with van der Waals surface area (Å²) in [6, 6.07) is 9.85. The van der Waals surface area contributed by atoms with Crippen LogP contribution in [0.15, 0.2) is 56.6 Å². The number of aromatic nitrogens is 2. The van der Waals surface area contributed by atoms with Gasteiger partial charge in [-0.1, -0.05) is 12.1 Å². The zero-order chi connectivity index (χ0) is 14.6. The highest BCUT2D eigenvalue weighted by atomic mass is 16.4. The van der Waals surface area contributed by atoms with E-state index in [9.17, 15) is 14.7 Å². The van der Waals surface area contributed by atoms with Gasteiger partial charge < -0.3 is 9.52 Å². The van der Waals surface area contributed by atoms with E-state index in [4.69, 9.17) is 4.42 Å². The summed E-state index contributed by atoms with van der Waals surface area (Å²) in [4.78, 5) is 28.9. The van der Waals surface area contributed by atoms with E-state index in [-0.39, 0.29) is 11.1 Å². The van der Waals surface area contributed by atoms with E-state index in [0.29, 0.717) is 22.1 Å². The predicted octanol–water partition coefficient (Wildman–Crippen LogP) is 1.66. The van der Waals surface area contributed by atoms with E-state index in [1.165, 1.54) is 18.3 Å². The molecule has 0 saturated carbocycles. The Labute approximate surface area is 116 Å². The number of aromatic hydroxyl groups is 1. The summed E-state index contributed by atoms with van der Waals surface area (Å²) < 4.78 is 6.29. The second kappa shape index (κ2) is 3.92. The molecule has 1 N–H and O–H groups in total. The number of para-hydroxylation sites is 1. The Hall–Kier alpha value is -3.15. The van der Waals surface area contributed by atoms with Crippen molar-refractivity contribution >= 4 is 27.5 Å². The fourth-order valence-corrected chi connectivity index (χ4v) is 2.41. The molecule has 0 aliphatic rings. The molecular weight excluding hydrogens is 272 g/mol. The summed E-state index contributed by atoms with van der Waals surface area (Å²) in [5, 5.41) is 9.95. The molecule has 4 aromatic rings. The first-order valence-electron chi connectivity index (χ1n) is 6.22. The van der Waals surface area contributed by atoms with Gasteiger partial charge in [0.25, 0.3) is 5.56 Å². The Morgan fingerprint density at radius 3 is 2.76 bits per heavy atom. The standard InChI is InChI=1S/C15H8N2O4/c18-8-5-6-11-16-13-9-3-1-2-4-10(9)21-15(20)12(13)14(19)17(11)7-8/h1-7,18H. The molecule has 102 valence electrons. The Morgan fingerprint density at radius 1 is 1.10 bits per heavy atom. The third-order valence-corrected chi connectivity index (χ3v) is 3.36. The van der Waals surface area contributed by atoms with Gasteiger partial charge in [-0.2, -0.15) is 0 Å². The van der Waals surface area contributed by atoms with Crippen LogP contribution in [0.5, 0.6) is 5.75 Å². The number of fused-ring (bicyclic) bond motifs is 4. The van der Waals surface area contributed by atoms with Crippen molar-refractivity contribution in [2.75, 3.05) is 0 Å².